The molecule has 0 saturated carbocycles. The Morgan fingerprint density at radius 2 is 2.09 bits per heavy atom. The number of thioether (sulfide) groups is 1. The zero-order valence-electron chi connectivity index (χ0n) is 11.9. The number of benzene rings is 2. The molecule has 1 aliphatic carbocycles. The zero-order chi connectivity index (χ0) is 16.4. The summed E-state index contributed by atoms with van der Waals surface area (Å²) in [6.07, 6.45) is 0.854. The third-order valence-corrected chi connectivity index (χ3v) is 4.31. The molecule has 0 aromatic heterocycles. The summed E-state index contributed by atoms with van der Waals surface area (Å²) in [6.45, 7) is 0. The van der Waals surface area contributed by atoms with Crippen molar-refractivity contribution in [2.45, 2.75) is 17.7 Å². The molecule has 23 heavy (non-hydrogen) atoms. The van der Waals surface area contributed by atoms with Crippen LogP contribution >= 0.6 is 11.8 Å². The number of fused-ring (bicyclic) bond motifs is 1. The molecule has 0 N–H and O–H groups in total. The highest BCUT2D eigenvalue weighted by molar-refractivity contribution is 7.99. The number of ether oxygens (including phenoxy) is 1. The smallest absolute Gasteiger partial charge is 0.164 e. The second-order valence-electron chi connectivity index (χ2n) is 4.98. The van der Waals surface area contributed by atoms with E-state index in [9.17, 15) is 13.6 Å². The number of rotatable bonds is 4. The van der Waals surface area contributed by atoms with Crippen molar-refractivity contribution in [3.8, 4) is 17.6 Å². The Balaban J connectivity index is 2.01. The largest absolute Gasteiger partial charge is 0.457 e. The van der Waals surface area contributed by atoms with E-state index in [2.05, 4.69) is 0 Å². The fraction of sp³-hybridized carbons (Fsp3) is 0.176. The van der Waals surface area contributed by atoms with Gasteiger partial charge < -0.3 is 4.74 Å². The maximum atomic E-state index is 13.5. The first kappa shape index (κ1) is 15.5. The van der Waals surface area contributed by atoms with Gasteiger partial charge in [-0.3, -0.25) is 4.79 Å². The lowest BCUT2D eigenvalue weighted by atomic mass is 10.1. The molecule has 0 radical (unpaired) electrons. The summed E-state index contributed by atoms with van der Waals surface area (Å²) in [4.78, 5) is 12.6. The van der Waals surface area contributed by atoms with Crippen molar-refractivity contribution in [3.63, 3.8) is 0 Å². The van der Waals surface area contributed by atoms with Crippen LogP contribution in [0.15, 0.2) is 35.2 Å². The van der Waals surface area contributed by atoms with Crippen LogP contribution in [0.5, 0.6) is 11.5 Å². The van der Waals surface area contributed by atoms with Crippen LogP contribution in [0.2, 0.25) is 0 Å². The van der Waals surface area contributed by atoms with Crippen LogP contribution in [-0.2, 0) is 6.42 Å². The molecular weight excluding hydrogens is 320 g/mol. The van der Waals surface area contributed by atoms with Gasteiger partial charge in [0.1, 0.15) is 23.3 Å². The molecular formula is C17H11F2NO2S. The Morgan fingerprint density at radius 3 is 2.83 bits per heavy atom. The molecule has 0 fully saturated rings. The van der Waals surface area contributed by atoms with Gasteiger partial charge in [0, 0.05) is 28.5 Å². The van der Waals surface area contributed by atoms with Crippen molar-refractivity contribution in [3.05, 3.63) is 52.8 Å². The number of nitriles is 1. The molecule has 2 aromatic rings. The first-order chi connectivity index (χ1) is 11.1. The molecule has 3 rings (SSSR count). The van der Waals surface area contributed by atoms with Gasteiger partial charge in [-0.25, -0.2) is 8.78 Å². The third kappa shape index (κ3) is 3.06. The summed E-state index contributed by atoms with van der Waals surface area (Å²) >= 11 is 0.962. The van der Waals surface area contributed by atoms with Gasteiger partial charge in [0.15, 0.2) is 5.78 Å². The number of hydrogen-bond acceptors (Lipinski definition) is 4. The number of alkyl halides is 1. The van der Waals surface area contributed by atoms with Crippen molar-refractivity contribution in [2.24, 2.45) is 0 Å². The molecule has 116 valence electrons. The van der Waals surface area contributed by atoms with Gasteiger partial charge in [-0.05, 0) is 30.7 Å². The molecule has 1 aliphatic rings. The van der Waals surface area contributed by atoms with E-state index in [1.807, 2.05) is 6.07 Å². The minimum atomic E-state index is -0.616. The van der Waals surface area contributed by atoms with Crippen molar-refractivity contribution in [1.29, 1.82) is 5.26 Å². The summed E-state index contributed by atoms with van der Waals surface area (Å²) in [5, 5.41) is 8.88. The van der Waals surface area contributed by atoms with E-state index in [0.717, 1.165) is 17.8 Å². The van der Waals surface area contributed by atoms with Crippen LogP contribution in [0.3, 0.4) is 0 Å². The zero-order valence-corrected chi connectivity index (χ0v) is 12.8. The van der Waals surface area contributed by atoms with Gasteiger partial charge in [0.25, 0.3) is 0 Å². The van der Waals surface area contributed by atoms with E-state index in [0.29, 0.717) is 34.6 Å². The maximum Gasteiger partial charge on any atom is 0.164 e. The number of nitrogens with zero attached hydrogens (tertiary/aromatic N) is 1. The third-order valence-electron chi connectivity index (χ3n) is 3.55. The van der Waals surface area contributed by atoms with E-state index in [1.54, 1.807) is 12.1 Å². The van der Waals surface area contributed by atoms with Crippen molar-refractivity contribution in [1.82, 2.24) is 0 Å². The number of hydrogen-bond donors (Lipinski definition) is 0. The highest BCUT2D eigenvalue weighted by atomic mass is 32.2. The quantitative estimate of drug-likeness (QED) is 0.766. The summed E-state index contributed by atoms with van der Waals surface area (Å²) in [5.74, 6) is 0.00674. The van der Waals surface area contributed by atoms with Crippen LogP contribution < -0.4 is 4.74 Å². The summed E-state index contributed by atoms with van der Waals surface area (Å²) in [6, 6.07) is 8.24. The summed E-state index contributed by atoms with van der Waals surface area (Å²) in [5.41, 5.74) is 1.34. The van der Waals surface area contributed by atoms with Gasteiger partial charge >= 0.3 is 0 Å². The van der Waals surface area contributed by atoms with E-state index in [4.69, 9.17) is 10.00 Å². The lowest BCUT2D eigenvalue weighted by Gasteiger charge is -2.12. The standard InChI is InChI=1S/C17H11F2NO2S/c18-9-23-16-4-3-15(13-1-2-14(21)17(13)16)22-12-6-10(8-20)5-11(19)7-12/h3-7H,1-2,9H2. The molecule has 0 unspecified atom stereocenters. The molecule has 0 spiro atoms. The van der Waals surface area contributed by atoms with Crippen LogP contribution in [-0.4, -0.2) is 11.8 Å². The van der Waals surface area contributed by atoms with Crippen LogP contribution in [0.1, 0.15) is 27.9 Å². The van der Waals surface area contributed by atoms with E-state index in [-0.39, 0.29) is 17.1 Å². The molecule has 0 bridgehead atoms. The molecule has 0 heterocycles. The van der Waals surface area contributed by atoms with Gasteiger partial charge in [-0.1, -0.05) is 11.8 Å². The second-order valence-corrected chi connectivity index (χ2v) is 5.93. The second kappa shape index (κ2) is 6.39. The minimum absolute atomic E-state index is 0.0432. The van der Waals surface area contributed by atoms with Gasteiger partial charge in [-0.2, -0.15) is 5.26 Å². The average Bonchev–Trinajstić information content (AvgIpc) is 2.92. The number of ketones is 1. The number of carbonyl (C=O) groups is 1. The average molecular weight is 331 g/mol. The highest BCUT2D eigenvalue weighted by Crippen LogP contribution is 2.39. The Labute approximate surface area is 135 Å². The van der Waals surface area contributed by atoms with Crippen LogP contribution in [0, 0.1) is 17.1 Å². The lowest BCUT2D eigenvalue weighted by Crippen LogP contribution is -1.97. The van der Waals surface area contributed by atoms with Crippen LogP contribution in [0.25, 0.3) is 0 Å². The van der Waals surface area contributed by atoms with Crippen molar-refractivity contribution < 1.29 is 18.3 Å². The lowest BCUT2D eigenvalue weighted by molar-refractivity contribution is 0.0992. The Kier molecular flexibility index (Phi) is 4.30. The number of Topliss-reactive ketones (excluding diaryl/α,β-unsaturated/α-hetero) is 1. The first-order valence-electron chi connectivity index (χ1n) is 6.88. The fourth-order valence-corrected chi connectivity index (χ4v) is 3.28. The maximum absolute atomic E-state index is 13.5. The summed E-state index contributed by atoms with van der Waals surface area (Å²) in [7, 11) is 0. The van der Waals surface area contributed by atoms with Crippen molar-refractivity contribution in [2.75, 3.05) is 6.01 Å². The van der Waals surface area contributed by atoms with E-state index < -0.39 is 11.8 Å². The molecule has 3 nitrogen and oxygen atoms in total. The monoisotopic (exact) mass is 331 g/mol. The molecule has 0 saturated heterocycles. The molecule has 6 heteroatoms. The number of carbonyl (C=O) groups excluding carboxylic acids is 1. The first-order valence-corrected chi connectivity index (χ1v) is 7.87. The van der Waals surface area contributed by atoms with Gasteiger partial charge in [0.05, 0.1) is 11.6 Å². The molecule has 0 atom stereocenters. The van der Waals surface area contributed by atoms with E-state index in [1.165, 1.54) is 12.1 Å². The topological polar surface area (TPSA) is 50.1 Å². The summed E-state index contributed by atoms with van der Waals surface area (Å²) < 4.78 is 31.8. The predicted molar refractivity (Wildman–Crippen MR) is 82.1 cm³/mol. The Morgan fingerprint density at radius 1 is 1.26 bits per heavy atom. The highest BCUT2D eigenvalue weighted by Gasteiger charge is 2.27. The molecule has 0 amide bonds. The van der Waals surface area contributed by atoms with Crippen LogP contribution in [0.4, 0.5) is 8.78 Å². The molecule has 2 aromatic carbocycles. The van der Waals surface area contributed by atoms with Crippen molar-refractivity contribution >= 4 is 17.5 Å². The Bertz CT molecular complexity index is 830. The minimum Gasteiger partial charge on any atom is -0.457 e. The van der Waals surface area contributed by atoms with E-state index >= 15 is 0 Å². The van der Waals surface area contributed by atoms with Gasteiger partial charge in [-0.15, -0.1) is 0 Å². The molecule has 0 aliphatic heterocycles. The number of halogens is 2. The normalized spacial score (nSPS) is 12.8. The van der Waals surface area contributed by atoms with Gasteiger partial charge in [0.2, 0.25) is 0 Å². The fourth-order valence-electron chi connectivity index (χ4n) is 2.61. The Hall–Kier alpha value is -2.39. The predicted octanol–water partition coefficient (Wildman–Crippen LogP) is 4.64. The SMILES string of the molecule is N#Cc1cc(F)cc(Oc2ccc(SCF)c3c2CCC3=O)c1.